The van der Waals surface area contributed by atoms with Gasteiger partial charge in [0.25, 0.3) is 10.2 Å². The topological polar surface area (TPSA) is 58.2 Å². The van der Waals surface area contributed by atoms with Crippen molar-refractivity contribution in [1.82, 2.24) is 9.44 Å². The zero-order chi connectivity index (χ0) is 10.6. The molecule has 0 saturated heterocycles. The quantitative estimate of drug-likeness (QED) is 0.726. The van der Waals surface area contributed by atoms with Gasteiger partial charge in [-0.15, -0.1) is 0 Å². The van der Waals surface area contributed by atoms with Crippen LogP contribution >= 0.6 is 0 Å². The minimum Gasteiger partial charge on any atom is -0.202 e. The molecule has 0 radical (unpaired) electrons. The van der Waals surface area contributed by atoms with Crippen molar-refractivity contribution in [1.29, 1.82) is 0 Å². The van der Waals surface area contributed by atoms with Crippen LogP contribution in [0.5, 0.6) is 0 Å². The zero-order valence-electron chi connectivity index (χ0n) is 8.91. The summed E-state index contributed by atoms with van der Waals surface area (Å²) in [4.78, 5) is 0. The van der Waals surface area contributed by atoms with Crippen molar-refractivity contribution in [3.63, 3.8) is 0 Å². The second-order valence-electron chi connectivity index (χ2n) is 4.27. The third-order valence-corrected chi connectivity index (χ3v) is 3.76. The van der Waals surface area contributed by atoms with Crippen LogP contribution in [-0.2, 0) is 10.2 Å². The van der Waals surface area contributed by atoms with Crippen molar-refractivity contribution in [2.24, 2.45) is 5.92 Å². The first kappa shape index (κ1) is 11.9. The molecule has 1 fully saturated rings. The predicted molar refractivity (Wildman–Crippen MR) is 57.2 cm³/mol. The Morgan fingerprint density at radius 2 is 1.86 bits per heavy atom. The molecular formula is C9H20N2O2S. The number of hydrogen-bond acceptors (Lipinski definition) is 2. The molecule has 0 aromatic heterocycles. The lowest BCUT2D eigenvalue weighted by molar-refractivity contribution is 0.508. The maximum absolute atomic E-state index is 11.4. The summed E-state index contributed by atoms with van der Waals surface area (Å²) in [5.74, 6) is 0.540. The lowest BCUT2D eigenvalue weighted by Crippen LogP contribution is -2.41. The van der Waals surface area contributed by atoms with E-state index in [2.05, 4.69) is 9.44 Å². The average molecular weight is 220 g/mol. The van der Waals surface area contributed by atoms with Crippen LogP contribution in [-0.4, -0.2) is 21.0 Å². The predicted octanol–water partition coefficient (Wildman–Crippen LogP) is 1.01. The van der Waals surface area contributed by atoms with Crippen molar-refractivity contribution in [2.45, 2.75) is 45.6 Å². The molecule has 1 aliphatic carbocycles. The molecule has 1 rings (SSSR count). The summed E-state index contributed by atoms with van der Waals surface area (Å²) >= 11 is 0. The van der Waals surface area contributed by atoms with Gasteiger partial charge in [0.1, 0.15) is 0 Å². The van der Waals surface area contributed by atoms with Gasteiger partial charge < -0.3 is 0 Å². The largest absolute Gasteiger partial charge is 0.277 e. The minimum absolute atomic E-state index is 0.0453. The van der Waals surface area contributed by atoms with E-state index in [1.807, 2.05) is 13.8 Å². The van der Waals surface area contributed by atoms with E-state index in [0.29, 0.717) is 12.5 Å². The van der Waals surface area contributed by atoms with Crippen LogP contribution in [0.2, 0.25) is 0 Å². The molecule has 5 heteroatoms. The molecule has 0 unspecified atom stereocenters. The van der Waals surface area contributed by atoms with Gasteiger partial charge in [0, 0.05) is 12.6 Å². The van der Waals surface area contributed by atoms with Crippen LogP contribution < -0.4 is 9.44 Å². The third kappa shape index (κ3) is 4.39. The van der Waals surface area contributed by atoms with Crippen LogP contribution in [0.25, 0.3) is 0 Å². The van der Waals surface area contributed by atoms with Gasteiger partial charge in [-0.3, -0.25) is 0 Å². The SMILES string of the molecule is CC(C)NS(=O)(=O)NCC1CCCC1. The van der Waals surface area contributed by atoms with Gasteiger partial charge in [0.15, 0.2) is 0 Å². The molecule has 4 nitrogen and oxygen atoms in total. The second-order valence-corrected chi connectivity index (χ2v) is 5.81. The Morgan fingerprint density at radius 3 is 2.36 bits per heavy atom. The molecule has 0 amide bonds. The molecule has 14 heavy (non-hydrogen) atoms. The summed E-state index contributed by atoms with van der Waals surface area (Å²) < 4.78 is 27.8. The van der Waals surface area contributed by atoms with E-state index in [-0.39, 0.29) is 6.04 Å². The Morgan fingerprint density at radius 1 is 1.29 bits per heavy atom. The summed E-state index contributed by atoms with van der Waals surface area (Å²) in [5.41, 5.74) is 0. The van der Waals surface area contributed by atoms with Gasteiger partial charge in [-0.05, 0) is 32.6 Å². The monoisotopic (exact) mass is 220 g/mol. The Bertz CT molecular complexity index is 256. The van der Waals surface area contributed by atoms with Crippen LogP contribution in [0.1, 0.15) is 39.5 Å². The standard InChI is InChI=1S/C9H20N2O2S/c1-8(2)11-14(12,13)10-7-9-5-3-4-6-9/h8-11H,3-7H2,1-2H3. The van der Waals surface area contributed by atoms with Crippen LogP contribution in [0, 0.1) is 5.92 Å². The molecule has 84 valence electrons. The molecule has 0 spiro atoms. The Balaban J connectivity index is 2.28. The second kappa shape index (κ2) is 5.09. The molecular weight excluding hydrogens is 200 g/mol. The molecule has 0 aromatic carbocycles. The molecule has 0 bridgehead atoms. The van der Waals surface area contributed by atoms with Crippen molar-refractivity contribution >= 4 is 10.2 Å². The van der Waals surface area contributed by atoms with Crippen LogP contribution in [0.4, 0.5) is 0 Å². The van der Waals surface area contributed by atoms with E-state index in [9.17, 15) is 8.42 Å². The van der Waals surface area contributed by atoms with Gasteiger partial charge in [-0.1, -0.05) is 12.8 Å². The van der Waals surface area contributed by atoms with Gasteiger partial charge in [0.05, 0.1) is 0 Å². The fourth-order valence-electron chi connectivity index (χ4n) is 1.79. The average Bonchev–Trinajstić information content (AvgIpc) is 2.50. The van der Waals surface area contributed by atoms with Crippen molar-refractivity contribution in [2.75, 3.05) is 6.54 Å². The van der Waals surface area contributed by atoms with Gasteiger partial charge in [-0.25, -0.2) is 4.72 Å². The molecule has 0 heterocycles. The van der Waals surface area contributed by atoms with E-state index in [1.165, 1.54) is 12.8 Å². The molecule has 0 aromatic rings. The normalized spacial score (nSPS) is 19.4. The fourth-order valence-corrected chi connectivity index (χ4v) is 2.95. The Hall–Kier alpha value is -0.130. The van der Waals surface area contributed by atoms with Crippen molar-refractivity contribution < 1.29 is 8.42 Å². The summed E-state index contributed by atoms with van der Waals surface area (Å²) in [6.07, 6.45) is 4.79. The summed E-state index contributed by atoms with van der Waals surface area (Å²) in [5, 5.41) is 0. The van der Waals surface area contributed by atoms with Crippen LogP contribution in [0.15, 0.2) is 0 Å². The smallest absolute Gasteiger partial charge is 0.202 e. The summed E-state index contributed by atoms with van der Waals surface area (Å²) in [6.45, 7) is 4.21. The molecule has 0 aliphatic heterocycles. The third-order valence-electron chi connectivity index (χ3n) is 2.43. The minimum atomic E-state index is -3.27. The van der Waals surface area contributed by atoms with Gasteiger partial charge in [-0.2, -0.15) is 13.1 Å². The highest BCUT2D eigenvalue weighted by Crippen LogP contribution is 2.23. The number of hydrogen-bond donors (Lipinski definition) is 2. The maximum Gasteiger partial charge on any atom is 0.277 e. The van der Waals surface area contributed by atoms with E-state index in [1.54, 1.807) is 0 Å². The highest BCUT2D eigenvalue weighted by Gasteiger charge is 2.18. The van der Waals surface area contributed by atoms with E-state index >= 15 is 0 Å². The van der Waals surface area contributed by atoms with Crippen LogP contribution in [0.3, 0.4) is 0 Å². The Labute approximate surface area is 86.6 Å². The lowest BCUT2D eigenvalue weighted by atomic mass is 10.1. The van der Waals surface area contributed by atoms with E-state index < -0.39 is 10.2 Å². The molecule has 1 aliphatic rings. The van der Waals surface area contributed by atoms with Gasteiger partial charge >= 0.3 is 0 Å². The highest BCUT2D eigenvalue weighted by molar-refractivity contribution is 7.87. The van der Waals surface area contributed by atoms with Crippen molar-refractivity contribution in [3.05, 3.63) is 0 Å². The number of rotatable bonds is 5. The zero-order valence-corrected chi connectivity index (χ0v) is 9.73. The van der Waals surface area contributed by atoms with Gasteiger partial charge in [0.2, 0.25) is 0 Å². The highest BCUT2D eigenvalue weighted by atomic mass is 32.2. The first-order valence-corrected chi connectivity index (χ1v) is 6.75. The van der Waals surface area contributed by atoms with E-state index in [4.69, 9.17) is 0 Å². The maximum atomic E-state index is 11.4. The molecule has 0 atom stereocenters. The number of nitrogens with one attached hydrogen (secondary N) is 2. The van der Waals surface area contributed by atoms with E-state index in [0.717, 1.165) is 12.8 Å². The molecule has 2 N–H and O–H groups in total. The first-order valence-electron chi connectivity index (χ1n) is 5.26. The Kier molecular flexibility index (Phi) is 4.34. The summed E-state index contributed by atoms with van der Waals surface area (Å²) in [7, 11) is -3.27. The van der Waals surface area contributed by atoms with Crippen molar-refractivity contribution in [3.8, 4) is 0 Å². The summed E-state index contributed by atoms with van der Waals surface area (Å²) in [6, 6.07) is -0.0453. The molecule has 1 saturated carbocycles. The first-order chi connectivity index (χ1) is 6.49. The fraction of sp³-hybridized carbons (Fsp3) is 1.00. The lowest BCUT2D eigenvalue weighted by Gasteiger charge is -2.13.